The molecule has 0 aromatic rings. The molecule has 0 amide bonds. The van der Waals surface area contributed by atoms with Gasteiger partial charge in [0.25, 0.3) is 0 Å². The Morgan fingerprint density at radius 2 is 1.62 bits per heavy atom. The molecular weight excluding hydrogens is 204 g/mol. The highest BCUT2D eigenvalue weighted by Crippen LogP contribution is 2.20. The maximum atomic E-state index is 11.3. The monoisotopic (exact) mass is 230 g/mol. The molecule has 0 heterocycles. The van der Waals surface area contributed by atoms with Crippen LogP contribution in [0.1, 0.15) is 54.4 Å². The van der Waals surface area contributed by atoms with E-state index in [4.69, 9.17) is 9.47 Å². The van der Waals surface area contributed by atoms with Gasteiger partial charge in [0.05, 0.1) is 0 Å². The fourth-order valence-electron chi connectivity index (χ4n) is 1.23. The molecule has 96 valence electrons. The van der Waals surface area contributed by atoms with E-state index < -0.39 is 5.60 Å². The standard InChI is InChI=1S/C13H26O3/c1-12(2,3)8-7-9-15-10-11(14)16-13(4,5)6/h7-10H2,1-6H3. The van der Waals surface area contributed by atoms with E-state index in [1.54, 1.807) is 0 Å². The summed E-state index contributed by atoms with van der Waals surface area (Å²) >= 11 is 0. The van der Waals surface area contributed by atoms with Crippen molar-refractivity contribution >= 4 is 5.97 Å². The molecule has 0 aromatic heterocycles. The second kappa shape index (κ2) is 6.24. The summed E-state index contributed by atoms with van der Waals surface area (Å²) in [6.45, 7) is 12.8. The number of rotatable bonds is 5. The molecule has 0 bridgehead atoms. The number of hydrogen-bond donors (Lipinski definition) is 0. The van der Waals surface area contributed by atoms with Crippen molar-refractivity contribution in [3.8, 4) is 0 Å². The highest BCUT2D eigenvalue weighted by Gasteiger charge is 2.16. The molecule has 0 N–H and O–H groups in total. The summed E-state index contributed by atoms with van der Waals surface area (Å²) in [5.41, 5.74) is -0.0961. The molecule has 0 aliphatic heterocycles. The van der Waals surface area contributed by atoms with Crippen molar-refractivity contribution in [1.29, 1.82) is 0 Å². The zero-order chi connectivity index (χ0) is 12.8. The number of hydrogen-bond acceptors (Lipinski definition) is 3. The summed E-state index contributed by atoms with van der Waals surface area (Å²) in [7, 11) is 0. The third kappa shape index (κ3) is 11.5. The molecule has 0 fully saturated rings. The van der Waals surface area contributed by atoms with Gasteiger partial charge in [-0.25, -0.2) is 4.79 Å². The van der Waals surface area contributed by atoms with Crippen LogP contribution in [0.25, 0.3) is 0 Å². The second-order valence-corrected chi connectivity index (χ2v) is 6.30. The van der Waals surface area contributed by atoms with E-state index in [1.807, 2.05) is 20.8 Å². The average molecular weight is 230 g/mol. The minimum Gasteiger partial charge on any atom is -0.458 e. The quantitative estimate of drug-likeness (QED) is 0.537. The van der Waals surface area contributed by atoms with Crippen LogP contribution in [-0.4, -0.2) is 24.8 Å². The van der Waals surface area contributed by atoms with Crippen LogP contribution in [0, 0.1) is 5.41 Å². The zero-order valence-corrected chi connectivity index (χ0v) is 11.6. The van der Waals surface area contributed by atoms with Gasteiger partial charge in [0.15, 0.2) is 0 Å². The van der Waals surface area contributed by atoms with Crippen molar-refractivity contribution in [3.63, 3.8) is 0 Å². The average Bonchev–Trinajstić information content (AvgIpc) is 1.97. The van der Waals surface area contributed by atoms with E-state index in [0.717, 1.165) is 12.8 Å². The summed E-state index contributed by atoms with van der Waals surface area (Å²) in [6.07, 6.45) is 2.08. The van der Waals surface area contributed by atoms with Crippen molar-refractivity contribution in [2.24, 2.45) is 5.41 Å². The third-order valence-electron chi connectivity index (χ3n) is 1.86. The van der Waals surface area contributed by atoms with E-state index in [2.05, 4.69) is 20.8 Å². The summed E-state index contributed by atoms with van der Waals surface area (Å²) < 4.78 is 10.4. The van der Waals surface area contributed by atoms with Crippen molar-refractivity contribution in [3.05, 3.63) is 0 Å². The lowest BCUT2D eigenvalue weighted by atomic mass is 9.91. The van der Waals surface area contributed by atoms with Crippen LogP contribution in [0.5, 0.6) is 0 Å². The Hall–Kier alpha value is -0.570. The first-order chi connectivity index (χ1) is 7.10. The Morgan fingerprint density at radius 3 is 2.06 bits per heavy atom. The van der Waals surface area contributed by atoms with Gasteiger partial charge in [-0.1, -0.05) is 20.8 Å². The summed E-state index contributed by atoms with van der Waals surface area (Å²) in [5, 5.41) is 0. The van der Waals surface area contributed by atoms with Crippen LogP contribution in [0.15, 0.2) is 0 Å². The molecule has 0 aliphatic rings. The zero-order valence-electron chi connectivity index (χ0n) is 11.6. The van der Waals surface area contributed by atoms with Crippen LogP contribution in [0.4, 0.5) is 0 Å². The summed E-state index contributed by atoms with van der Waals surface area (Å²) in [4.78, 5) is 11.3. The van der Waals surface area contributed by atoms with Crippen molar-refractivity contribution < 1.29 is 14.3 Å². The van der Waals surface area contributed by atoms with Crippen LogP contribution < -0.4 is 0 Å². The molecule has 3 heteroatoms. The molecule has 0 spiro atoms. The molecule has 0 saturated heterocycles. The fraction of sp³-hybridized carbons (Fsp3) is 0.923. The second-order valence-electron chi connectivity index (χ2n) is 6.30. The SMILES string of the molecule is CC(C)(C)CCCOCC(=O)OC(C)(C)C. The Balaban J connectivity index is 3.50. The number of ether oxygens (including phenoxy) is 2. The predicted molar refractivity (Wildman–Crippen MR) is 65.4 cm³/mol. The van der Waals surface area contributed by atoms with E-state index in [9.17, 15) is 4.79 Å². The smallest absolute Gasteiger partial charge is 0.332 e. The van der Waals surface area contributed by atoms with Gasteiger partial charge >= 0.3 is 5.97 Å². The number of esters is 1. The van der Waals surface area contributed by atoms with Gasteiger partial charge in [0.1, 0.15) is 12.2 Å². The Morgan fingerprint density at radius 1 is 1.06 bits per heavy atom. The molecule has 0 aromatic carbocycles. The molecule has 0 aliphatic carbocycles. The molecule has 3 nitrogen and oxygen atoms in total. The Bertz CT molecular complexity index is 208. The van der Waals surface area contributed by atoms with E-state index in [-0.39, 0.29) is 12.6 Å². The van der Waals surface area contributed by atoms with Gasteiger partial charge in [-0.2, -0.15) is 0 Å². The van der Waals surface area contributed by atoms with Crippen molar-refractivity contribution in [2.75, 3.05) is 13.2 Å². The van der Waals surface area contributed by atoms with Crippen molar-refractivity contribution in [1.82, 2.24) is 0 Å². The van der Waals surface area contributed by atoms with E-state index in [1.165, 1.54) is 0 Å². The first-order valence-electron chi connectivity index (χ1n) is 5.90. The van der Waals surface area contributed by atoms with Gasteiger partial charge < -0.3 is 9.47 Å². The van der Waals surface area contributed by atoms with Gasteiger partial charge in [0.2, 0.25) is 0 Å². The predicted octanol–water partition coefficient (Wildman–Crippen LogP) is 3.17. The Kier molecular flexibility index (Phi) is 6.01. The summed E-state index contributed by atoms with van der Waals surface area (Å²) in [6, 6.07) is 0. The van der Waals surface area contributed by atoms with E-state index >= 15 is 0 Å². The van der Waals surface area contributed by atoms with Gasteiger partial charge in [-0.3, -0.25) is 0 Å². The minimum absolute atomic E-state index is 0.0570. The minimum atomic E-state index is -0.425. The lowest BCUT2D eigenvalue weighted by Gasteiger charge is -2.20. The molecular formula is C13H26O3. The topological polar surface area (TPSA) is 35.5 Å². The Labute approximate surface area is 99.5 Å². The summed E-state index contributed by atoms with van der Waals surface area (Å²) in [5.74, 6) is -0.289. The van der Waals surface area contributed by atoms with Crippen LogP contribution in [0.2, 0.25) is 0 Å². The number of carbonyl (C=O) groups is 1. The molecule has 0 saturated carbocycles. The lowest BCUT2D eigenvalue weighted by molar-refractivity contribution is -0.160. The van der Waals surface area contributed by atoms with Gasteiger partial charge in [0, 0.05) is 6.61 Å². The third-order valence-corrected chi connectivity index (χ3v) is 1.86. The van der Waals surface area contributed by atoms with Gasteiger partial charge in [-0.05, 0) is 39.0 Å². The molecule has 0 atom stereocenters. The van der Waals surface area contributed by atoms with E-state index in [0.29, 0.717) is 12.0 Å². The fourth-order valence-corrected chi connectivity index (χ4v) is 1.23. The number of carbonyl (C=O) groups excluding carboxylic acids is 1. The highest BCUT2D eigenvalue weighted by atomic mass is 16.6. The maximum absolute atomic E-state index is 11.3. The maximum Gasteiger partial charge on any atom is 0.332 e. The molecule has 0 rings (SSSR count). The van der Waals surface area contributed by atoms with Crippen LogP contribution in [0.3, 0.4) is 0 Å². The van der Waals surface area contributed by atoms with Crippen LogP contribution in [-0.2, 0) is 14.3 Å². The van der Waals surface area contributed by atoms with Gasteiger partial charge in [-0.15, -0.1) is 0 Å². The lowest BCUT2D eigenvalue weighted by Crippen LogP contribution is -2.26. The normalized spacial score (nSPS) is 12.6. The van der Waals surface area contributed by atoms with Crippen molar-refractivity contribution in [2.45, 2.75) is 60.0 Å². The molecule has 0 radical (unpaired) electrons. The first kappa shape index (κ1) is 15.4. The highest BCUT2D eigenvalue weighted by molar-refractivity contribution is 5.71. The largest absolute Gasteiger partial charge is 0.458 e. The first-order valence-corrected chi connectivity index (χ1v) is 5.90. The molecule has 0 unspecified atom stereocenters. The molecule has 16 heavy (non-hydrogen) atoms. The van der Waals surface area contributed by atoms with Crippen LogP contribution >= 0.6 is 0 Å².